The molecule has 0 aromatic carbocycles. The van der Waals surface area contributed by atoms with Crippen LogP contribution in [0.2, 0.25) is 0 Å². The van der Waals surface area contributed by atoms with Crippen LogP contribution in [0, 0.1) is 0 Å². The molecular weight excluding hydrogens is 188 g/mol. The summed E-state index contributed by atoms with van der Waals surface area (Å²) < 4.78 is 0. The lowest BCUT2D eigenvalue weighted by molar-refractivity contribution is 0.127. The summed E-state index contributed by atoms with van der Waals surface area (Å²) in [5.41, 5.74) is 0.312. The van der Waals surface area contributed by atoms with Gasteiger partial charge in [0.2, 0.25) is 0 Å². The second-order valence-electron chi connectivity index (χ2n) is 5.56. The van der Waals surface area contributed by atoms with Crippen molar-refractivity contribution in [1.29, 1.82) is 0 Å². The van der Waals surface area contributed by atoms with Gasteiger partial charge in [-0.15, -0.1) is 0 Å². The molecule has 1 fully saturated rings. The Kier molecular flexibility index (Phi) is 4.56. The third-order valence-corrected chi connectivity index (χ3v) is 3.30. The van der Waals surface area contributed by atoms with Gasteiger partial charge in [0.25, 0.3) is 0 Å². The van der Waals surface area contributed by atoms with E-state index in [1.165, 1.54) is 19.4 Å². The van der Waals surface area contributed by atoms with Crippen LogP contribution in [0.3, 0.4) is 0 Å². The highest BCUT2D eigenvalue weighted by atomic mass is 16.3. The Bertz CT molecular complexity index is 192. The lowest BCUT2D eigenvalue weighted by Crippen LogP contribution is -2.50. The van der Waals surface area contributed by atoms with Crippen molar-refractivity contribution in [3.63, 3.8) is 0 Å². The van der Waals surface area contributed by atoms with Crippen LogP contribution in [0.15, 0.2) is 0 Å². The molecule has 1 rings (SSSR count). The first-order chi connectivity index (χ1) is 6.95. The fourth-order valence-electron chi connectivity index (χ4n) is 2.40. The molecule has 1 saturated heterocycles. The van der Waals surface area contributed by atoms with Crippen LogP contribution < -0.4 is 5.32 Å². The summed E-state index contributed by atoms with van der Waals surface area (Å²) in [6.07, 6.45) is 2.56. The van der Waals surface area contributed by atoms with Crippen LogP contribution in [-0.2, 0) is 0 Å². The van der Waals surface area contributed by atoms with Crippen molar-refractivity contribution in [2.75, 3.05) is 19.7 Å². The third kappa shape index (κ3) is 3.74. The van der Waals surface area contributed by atoms with E-state index in [9.17, 15) is 5.11 Å². The molecular formula is C12H26N2O. The van der Waals surface area contributed by atoms with Crippen molar-refractivity contribution in [2.24, 2.45) is 0 Å². The molecule has 0 aliphatic carbocycles. The summed E-state index contributed by atoms with van der Waals surface area (Å²) in [6.45, 7) is 11.2. The largest absolute Gasteiger partial charge is 0.395 e. The molecule has 2 N–H and O–H groups in total. The molecule has 3 heteroatoms. The summed E-state index contributed by atoms with van der Waals surface area (Å²) >= 11 is 0. The second-order valence-corrected chi connectivity index (χ2v) is 5.56. The van der Waals surface area contributed by atoms with Crippen molar-refractivity contribution in [3.8, 4) is 0 Å². The van der Waals surface area contributed by atoms with Gasteiger partial charge < -0.3 is 10.4 Å². The van der Waals surface area contributed by atoms with Crippen LogP contribution in [0.5, 0.6) is 0 Å². The van der Waals surface area contributed by atoms with E-state index in [0.29, 0.717) is 11.6 Å². The van der Waals surface area contributed by atoms with Gasteiger partial charge in [-0.3, -0.25) is 4.90 Å². The van der Waals surface area contributed by atoms with E-state index in [0.717, 1.165) is 6.54 Å². The van der Waals surface area contributed by atoms with Gasteiger partial charge in [-0.25, -0.2) is 0 Å². The maximum Gasteiger partial charge on any atom is 0.0597 e. The number of aliphatic hydroxyl groups excluding tert-OH is 1. The Morgan fingerprint density at radius 2 is 2.07 bits per heavy atom. The predicted octanol–water partition coefficient (Wildman–Crippen LogP) is 1.22. The normalized spacial score (nSPS) is 23.6. The fraction of sp³-hybridized carbons (Fsp3) is 1.00. The molecule has 0 aromatic heterocycles. The van der Waals surface area contributed by atoms with E-state index in [1.807, 2.05) is 0 Å². The fourth-order valence-corrected chi connectivity index (χ4v) is 2.40. The summed E-state index contributed by atoms with van der Waals surface area (Å²) in [6, 6.07) is 0.648. The molecule has 90 valence electrons. The van der Waals surface area contributed by atoms with Crippen molar-refractivity contribution in [3.05, 3.63) is 0 Å². The SMILES string of the molecule is CC(C)NC(CO)CN1CCCC1(C)C. The third-order valence-electron chi connectivity index (χ3n) is 3.30. The van der Waals surface area contributed by atoms with Gasteiger partial charge in [0.05, 0.1) is 6.61 Å². The lowest BCUT2D eigenvalue weighted by Gasteiger charge is -2.34. The number of hydrogen-bond donors (Lipinski definition) is 2. The smallest absolute Gasteiger partial charge is 0.0597 e. The first-order valence-corrected chi connectivity index (χ1v) is 6.07. The van der Waals surface area contributed by atoms with Gasteiger partial charge >= 0.3 is 0 Å². The Morgan fingerprint density at radius 3 is 2.47 bits per heavy atom. The van der Waals surface area contributed by atoms with Crippen molar-refractivity contribution in [1.82, 2.24) is 10.2 Å². The Hall–Kier alpha value is -0.120. The molecule has 0 spiro atoms. The number of nitrogens with one attached hydrogen (secondary N) is 1. The maximum absolute atomic E-state index is 9.32. The lowest BCUT2D eigenvalue weighted by atomic mass is 10.0. The van der Waals surface area contributed by atoms with Crippen LogP contribution in [0.1, 0.15) is 40.5 Å². The highest BCUT2D eigenvalue weighted by Gasteiger charge is 2.32. The zero-order valence-electron chi connectivity index (χ0n) is 10.6. The van der Waals surface area contributed by atoms with E-state index >= 15 is 0 Å². The predicted molar refractivity (Wildman–Crippen MR) is 64.0 cm³/mol. The number of likely N-dealkylation sites (tertiary alicyclic amines) is 1. The van der Waals surface area contributed by atoms with Crippen molar-refractivity contribution in [2.45, 2.75) is 58.2 Å². The Morgan fingerprint density at radius 1 is 1.40 bits per heavy atom. The molecule has 0 bridgehead atoms. The zero-order valence-corrected chi connectivity index (χ0v) is 10.6. The molecule has 15 heavy (non-hydrogen) atoms. The maximum atomic E-state index is 9.32. The van der Waals surface area contributed by atoms with Gasteiger partial charge in [0, 0.05) is 24.2 Å². The van der Waals surface area contributed by atoms with E-state index in [-0.39, 0.29) is 12.6 Å². The second kappa shape index (κ2) is 5.28. The first kappa shape index (κ1) is 12.9. The highest BCUT2D eigenvalue weighted by Crippen LogP contribution is 2.27. The average molecular weight is 214 g/mol. The molecule has 3 nitrogen and oxygen atoms in total. The van der Waals surface area contributed by atoms with Gasteiger partial charge in [-0.1, -0.05) is 13.8 Å². The summed E-state index contributed by atoms with van der Waals surface area (Å²) in [5.74, 6) is 0. The van der Waals surface area contributed by atoms with Crippen LogP contribution >= 0.6 is 0 Å². The van der Waals surface area contributed by atoms with Crippen LogP contribution in [0.4, 0.5) is 0 Å². The molecule has 1 atom stereocenters. The molecule has 0 radical (unpaired) electrons. The molecule has 1 heterocycles. The minimum Gasteiger partial charge on any atom is -0.395 e. The van der Waals surface area contributed by atoms with Gasteiger partial charge in [0.1, 0.15) is 0 Å². The average Bonchev–Trinajstić information content (AvgIpc) is 2.44. The molecule has 1 aliphatic heterocycles. The Balaban J connectivity index is 2.44. The minimum absolute atomic E-state index is 0.211. The minimum atomic E-state index is 0.211. The zero-order chi connectivity index (χ0) is 11.5. The van der Waals surface area contributed by atoms with Crippen LogP contribution in [0.25, 0.3) is 0 Å². The first-order valence-electron chi connectivity index (χ1n) is 6.07. The molecule has 0 aromatic rings. The number of rotatable bonds is 5. The number of nitrogens with zero attached hydrogens (tertiary/aromatic N) is 1. The molecule has 0 saturated carbocycles. The van der Waals surface area contributed by atoms with Crippen molar-refractivity contribution >= 4 is 0 Å². The molecule has 1 aliphatic rings. The standard InChI is InChI=1S/C12H26N2O/c1-10(2)13-11(9-15)8-14-7-5-6-12(14,3)4/h10-11,13,15H,5-9H2,1-4H3. The van der Waals surface area contributed by atoms with Gasteiger partial charge in [-0.2, -0.15) is 0 Å². The van der Waals surface area contributed by atoms with Crippen molar-refractivity contribution < 1.29 is 5.11 Å². The summed E-state index contributed by atoms with van der Waals surface area (Å²) in [5, 5.41) is 12.7. The monoisotopic (exact) mass is 214 g/mol. The van der Waals surface area contributed by atoms with Gasteiger partial charge in [0.15, 0.2) is 0 Å². The van der Waals surface area contributed by atoms with E-state index in [1.54, 1.807) is 0 Å². The topological polar surface area (TPSA) is 35.5 Å². The summed E-state index contributed by atoms with van der Waals surface area (Å²) in [7, 11) is 0. The van der Waals surface area contributed by atoms with E-state index < -0.39 is 0 Å². The quantitative estimate of drug-likeness (QED) is 0.722. The van der Waals surface area contributed by atoms with Gasteiger partial charge in [-0.05, 0) is 33.2 Å². The highest BCUT2D eigenvalue weighted by molar-refractivity contribution is 4.90. The molecule has 1 unspecified atom stereocenters. The van der Waals surface area contributed by atoms with E-state index in [4.69, 9.17) is 0 Å². The number of hydrogen-bond acceptors (Lipinski definition) is 3. The van der Waals surface area contributed by atoms with Crippen LogP contribution in [-0.4, -0.2) is 47.3 Å². The van der Waals surface area contributed by atoms with E-state index in [2.05, 4.69) is 37.9 Å². The summed E-state index contributed by atoms with van der Waals surface area (Å²) in [4.78, 5) is 2.49. The molecule has 0 amide bonds. The Labute approximate surface area is 93.9 Å². The number of aliphatic hydroxyl groups is 1.